The van der Waals surface area contributed by atoms with Crippen LogP contribution in [-0.2, 0) is 24.2 Å². The molecule has 10 nitrogen and oxygen atoms in total. The van der Waals surface area contributed by atoms with Crippen LogP contribution in [0.5, 0.6) is 0 Å². The molecule has 3 N–H and O–H groups in total. The summed E-state index contributed by atoms with van der Waals surface area (Å²) >= 11 is 1.26. The summed E-state index contributed by atoms with van der Waals surface area (Å²) in [6.45, 7) is 6.05. The van der Waals surface area contributed by atoms with Gasteiger partial charge in [-0.25, -0.2) is 18.2 Å². The number of nitrogens with two attached hydrogens (primary N) is 1. The number of sulfonamides is 1. The lowest BCUT2D eigenvalue weighted by Crippen LogP contribution is -2.44. The number of rotatable bonds is 9. The highest BCUT2D eigenvalue weighted by atomic mass is 32.2. The maximum absolute atomic E-state index is 13.4. The number of ether oxygens (including phenoxy) is 3. The van der Waals surface area contributed by atoms with Crippen LogP contribution in [0.1, 0.15) is 33.1 Å². The van der Waals surface area contributed by atoms with Crippen molar-refractivity contribution in [3.05, 3.63) is 18.2 Å². The molecule has 2 aromatic rings. The van der Waals surface area contributed by atoms with Gasteiger partial charge in [-0.2, -0.15) is 4.31 Å². The molecular weight excluding hydrogens is 504 g/mol. The van der Waals surface area contributed by atoms with Crippen molar-refractivity contribution in [1.82, 2.24) is 14.6 Å². The molecular formula is C24H34N4O6S2. The van der Waals surface area contributed by atoms with Crippen molar-refractivity contribution in [3.63, 3.8) is 0 Å². The van der Waals surface area contributed by atoms with Crippen LogP contribution in [0, 0.1) is 23.7 Å². The number of nitrogens with one attached hydrogen (secondary N) is 1. The second-order valence-electron chi connectivity index (χ2n) is 10.3. The third kappa shape index (κ3) is 5.19. The molecule has 4 fully saturated rings. The number of benzene rings is 1. The fraction of sp³-hybridized carbons (Fsp3) is 0.667. The Kier molecular flexibility index (Phi) is 7.42. The Hall–Kier alpha value is -1.99. The number of amides is 1. The van der Waals surface area contributed by atoms with Gasteiger partial charge in [-0.15, -0.1) is 0 Å². The van der Waals surface area contributed by atoms with Crippen LogP contribution in [0.4, 0.5) is 9.93 Å². The SMILES string of the molecule is CC(C)CN(CCCNC(=O)OC1C2CCC3C(OC2)OCC31)S(=O)(=O)c1ccc2nc(N)sc2c1. The average molecular weight is 539 g/mol. The summed E-state index contributed by atoms with van der Waals surface area (Å²) in [7, 11) is -3.72. The highest BCUT2D eigenvalue weighted by Crippen LogP contribution is 2.46. The molecule has 5 atom stereocenters. The molecule has 6 rings (SSSR count). The van der Waals surface area contributed by atoms with E-state index in [4.69, 9.17) is 19.9 Å². The zero-order chi connectivity index (χ0) is 25.4. The fourth-order valence-corrected chi connectivity index (χ4v) is 8.09. The van der Waals surface area contributed by atoms with Crippen molar-refractivity contribution in [2.45, 2.75) is 50.4 Å². The number of alkyl carbamates (subject to hydrolysis) is 1. The molecule has 5 unspecified atom stereocenters. The number of nitrogens with zero attached hydrogens (tertiary/aromatic N) is 2. The van der Waals surface area contributed by atoms with Crippen molar-refractivity contribution in [2.24, 2.45) is 23.7 Å². The lowest BCUT2D eigenvalue weighted by molar-refractivity contribution is -0.135. The Morgan fingerprint density at radius 1 is 1.28 bits per heavy atom. The lowest BCUT2D eigenvalue weighted by Gasteiger charge is -2.35. The minimum absolute atomic E-state index is 0.144. The molecule has 1 aliphatic carbocycles. The van der Waals surface area contributed by atoms with Crippen molar-refractivity contribution in [2.75, 3.05) is 38.6 Å². The summed E-state index contributed by atoms with van der Waals surface area (Å²) in [6.07, 6.45) is 1.64. The first kappa shape index (κ1) is 25.7. The Morgan fingerprint density at radius 2 is 2.08 bits per heavy atom. The Morgan fingerprint density at radius 3 is 2.89 bits per heavy atom. The van der Waals surface area contributed by atoms with Crippen molar-refractivity contribution in [3.8, 4) is 0 Å². The Bertz CT molecular complexity index is 1200. The van der Waals surface area contributed by atoms with Crippen LogP contribution in [0.2, 0.25) is 0 Å². The Labute approximate surface area is 215 Å². The number of thiazole rings is 1. The predicted octanol–water partition coefficient (Wildman–Crippen LogP) is 3.04. The van der Waals surface area contributed by atoms with E-state index in [9.17, 15) is 13.2 Å². The number of carbonyl (C=O) groups is 1. The first-order valence-electron chi connectivity index (χ1n) is 12.6. The van der Waals surface area contributed by atoms with Gasteiger partial charge in [0.25, 0.3) is 0 Å². The monoisotopic (exact) mass is 538 g/mol. The third-order valence-corrected chi connectivity index (χ3v) is 9.97. The smallest absolute Gasteiger partial charge is 0.407 e. The second kappa shape index (κ2) is 10.4. The molecule has 4 aliphatic rings. The van der Waals surface area contributed by atoms with Crippen LogP contribution in [0.15, 0.2) is 23.1 Å². The largest absolute Gasteiger partial charge is 0.445 e. The minimum Gasteiger partial charge on any atom is -0.445 e. The summed E-state index contributed by atoms with van der Waals surface area (Å²) < 4.78 is 46.5. The molecule has 4 bridgehead atoms. The summed E-state index contributed by atoms with van der Waals surface area (Å²) in [5.74, 6) is 0.812. The molecule has 0 spiro atoms. The molecule has 3 saturated heterocycles. The highest BCUT2D eigenvalue weighted by molar-refractivity contribution is 7.89. The molecule has 198 valence electrons. The molecule has 1 aromatic heterocycles. The number of fused-ring (bicyclic) bond motifs is 3. The van der Waals surface area contributed by atoms with Gasteiger partial charge in [0.15, 0.2) is 11.4 Å². The maximum Gasteiger partial charge on any atom is 0.407 e. The molecule has 0 radical (unpaired) electrons. The number of anilines is 1. The quantitative estimate of drug-likeness (QED) is 0.466. The van der Waals surface area contributed by atoms with E-state index in [1.54, 1.807) is 18.2 Å². The van der Waals surface area contributed by atoms with E-state index in [0.29, 0.717) is 43.4 Å². The molecule has 1 aromatic carbocycles. The highest BCUT2D eigenvalue weighted by Gasteiger charge is 2.52. The fourth-order valence-electron chi connectivity index (χ4n) is 5.58. The average Bonchev–Trinajstić information content (AvgIpc) is 3.31. The minimum atomic E-state index is -3.72. The number of nitrogen functional groups attached to an aromatic ring is 1. The topological polar surface area (TPSA) is 133 Å². The number of aromatic nitrogens is 1. The molecule has 3 aliphatic heterocycles. The molecule has 1 saturated carbocycles. The van der Waals surface area contributed by atoms with Gasteiger partial charge in [-0.1, -0.05) is 25.2 Å². The molecule has 12 heteroatoms. The van der Waals surface area contributed by atoms with E-state index in [-0.39, 0.29) is 47.5 Å². The van der Waals surface area contributed by atoms with Crippen LogP contribution < -0.4 is 11.1 Å². The summed E-state index contributed by atoms with van der Waals surface area (Å²) in [6, 6.07) is 4.88. The van der Waals surface area contributed by atoms with E-state index in [1.165, 1.54) is 15.6 Å². The van der Waals surface area contributed by atoms with E-state index in [0.717, 1.165) is 17.5 Å². The zero-order valence-corrected chi connectivity index (χ0v) is 22.2. The van der Waals surface area contributed by atoms with E-state index >= 15 is 0 Å². The van der Waals surface area contributed by atoms with E-state index in [1.807, 2.05) is 13.8 Å². The van der Waals surface area contributed by atoms with Crippen molar-refractivity contribution < 1.29 is 27.4 Å². The predicted molar refractivity (Wildman–Crippen MR) is 136 cm³/mol. The number of carbonyl (C=O) groups excluding carboxylic acids is 1. The second-order valence-corrected chi connectivity index (χ2v) is 13.3. The van der Waals surface area contributed by atoms with Gasteiger partial charge in [0.1, 0.15) is 6.10 Å². The van der Waals surface area contributed by atoms with Crippen LogP contribution >= 0.6 is 11.3 Å². The van der Waals surface area contributed by atoms with Crippen LogP contribution in [0.25, 0.3) is 10.2 Å². The van der Waals surface area contributed by atoms with Gasteiger partial charge in [0.05, 0.1) is 28.3 Å². The van der Waals surface area contributed by atoms with Crippen LogP contribution in [0.3, 0.4) is 0 Å². The molecule has 36 heavy (non-hydrogen) atoms. The van der Waals surface area contributed by atoms with Gasteiger partial charge in [0, 0.05) is 37.4 Å². The summed E-state index contributed by atoms with van der Waals surface area (Å²) in [5, 5.41) is 3.21. The third-order valence-electron chi connectivity index (χ3n) is 7.26. The van der Waals surface area contributed by atoms with Gasteiger partial charge < -0.3 is 25.3 Å². The van der Waals surface area contributed by atoms with Crippen molar-refractivity contribution in [1.29, 1.82) is 0 Å². The standard InChI is InChI=1S/C24H34N4O6S2/c1-14(2)11-28(36(30,31)16-5-7-19-20(10-16)35-23(25)27-19)9-3-8-26-24(29)34-21-15-4-6-17-18(21)13-33-22(17)32-12-15/h5,7,10,14-15,17-18,21-22H,3-4,6,8-9,11-13H2,1-2H3,(H2,25,27)(H,26,29). The maximum atomic E-state index is 13.4. The van der Waals surface area contributed by atoms with Gasteiger partial charge in [0.2, 0.25) is 10.0 Å². The zero-order valence-electron chi connectivity index (χ0n) is 20.6. The van der Waals surface area contributed by atoms with Gasteiger partial charge in [-0.05, 0) is 43.4 Å². The molecule has 1 amide bonds. The summed E-state index contributed by atoms with van der Waals surface area (Å²) in [4.78, 5) is 17.0. The van der Waals surface area contributed by atoms with E-state index in [2.05, 4.69) is 10.3 Å². The molecule has 4 heterocycles. The summed E-state index contributed by atoms with van der Waals surface area (Å²) in [5.41, 5.74) is 6.46. The normalized spacial score (nSPS) is 27.6. The van der Waals surface area contributed by atoms with E-state index < -0.39 is 16.1 Å². The van der Waals surface area contributed by atoms with Crippen molar-refractivity contribution >= 4 is 42.8 Å². The number of hydrogen-bond donors (Lipinski definition) is 2. The Balaban J connectivity index is 1.17. The lowest BCUT2D eigenvalue weighted by atomic mass is 9.74. The number of hydrogen-bond acceptors (Lipinski definition) is 9. The first-order chi connectivity index (χ1) is 17.2. The van der Waals surface area contributed by atoms with Gasteiger partial charge >= 0.3 is 6.09 Å². The first-order valence-corrected chi connectivity index (χ1v) is 14.8. The van der Waals surface area contributed by atoms with Gasteiger partial charge in [-0.3, -0.25) is 0 Å². The van der Waals surface area contributed by atoms with Crippen LogP contribution in [-0.4, -0.2) is 69.0 Å².